The normalized spacial score (nSPS) is 13.4. The molecule has 1 N–H and O–H groups in total. The Morgan fingerprint density at radius 3 is 2.64 bits per heavy atom. The van der Waals surface area contributed by atoms with Crippen LogP contribution in [-0.4, -0.2) is 16.1 Å². The highest BCUT2D eigenvalue weighted by Gasteiger charge is 2.23. The fraction of sp³-hybridized carbons (Fsp3) is 0.120. The minimum Gasteiger partial charge on any atom is -0.488 e. The first-order valence-corrected chi connectivity index (χ1v) is 11.2. The lowest BCUT2D eigenvalue weighted by Gasteiger charge is -2.32. The Morgan fingerprint density at radius 1 is 1.06 bits per heavy atom. The van der Waals surface area contributed by atoms with Gasteiger partial charge >= 0.3 is 5.97 Å². The van der Waals surface area contributed by atoms with E-state index >= 15 is 0 Å². The van der Waals surface area contributed by atoms with E-state index in [0.29, 0.717) is 32.9 Å². The number of benzene rings is 2. The standard InChI is InChI=1S/C25H19Cl3N2O3/c1-15-3-2-4-23(30(15)19-10-17(25(31)32)12-29-13-19)20-11-18(26)6-8-24(20)33-14-16-5-7-21(27)22(28)9-16/h3-13H,2,14H2,1H3,(H,31,32). The van der Waals surface area contributed by atoms with Crippen molar-refractivity contribution in [2.45, 2.75) is 20.0 Å². The molecule has 0 unspecified atom stereocenters. The van der Waals surface area contributed by atoms with Crippen LogP contribution in [0.4, 0.5) is 5.69 Å². The molecule has 0 atom stereocenters. The number of nitrogens with zero attached hydrogens (tertiary/aromatic N) is 2. The van der Waals surface area contributed by atoms with E-state index < -0.39 is 5.97 Å². The molecule has 3 aromatic rings. The number of carbonyl (C=O) groups is 1. The van der Waals surface area contributed by atoms with Crippen molar-refractivity contribution in [1.29, 1.82) is 0 Å². The Bertz CT molecular complexity index is 1290. The average Bonchev–Trinajstić information content (AvgIpc) is 2.80. The van der Waals surface area contributed by atoms with Crippen LogP contribution in [0.25, 0.3) is 5.70 Å². The summed E-state index contributed by atoms with van der Waals surface area (Å²) in [4.78, 5) is 17.6. The molecule has 5 nitrogen and oxygen atoms in total. The molecule has 168 valence electrons. The fourth-order valence-corrected chi connectivity index (χ4v) is 4.07. The number of carboxylic acid groups (broad SMARTS) is 1. The van der Waals surface area contributed by atoms with Gasteiger partial charge in [-0.1, -0.05) is 53.0 Å². The summed E-state index contributed by atoms with van der Waals surface area (Å²) in [6.45, 7) is 2.24. The molecule has 8 heteroatoms. The van der Waals surface area contributed by atoms with Crippen molar-refractivity contribution in [1.82, 2.24) is 4.98 Å². The molecule has 1 aliphatic heterocycles. The maximum absolute atomic E-state index is 11.5. The Morgan fingerprint density at radius 2 is 1.88 bits per heavy atom. The molecule has 0 bridgehead atoms. The molecule has 33 heavy (non-hydrogen) atoms. The van der Waals surface area contributed by atoms with Crippen molar-refractivity contribution in [3.8, 4) is 5.75 Å². The second-order valence-corrected chi connectivity index (χ2v) is 8.67. The van der Waals surface area contributed by atoms with Crippen LogP contribution in [0.5, 0.6) is 5.75 Å². The summed E-state index contributed by atoms with van der Waals surface area (Å²) in [5.74, 6) is -0.416. The summed E-state index contributed by atoms with van der Waals surface area (Å²) < 4.78 is 6.15. The van der Waals surface area contributed by atoms with E-state index in [9.17, 15) is 9.90 Å². The fourth-order valence-electron chi connectivity index (χ4n) is 3.57. The van der Waals surface area contributed by atoms with Crippen LogP contribution in [0, 0.1) is 0 Å². The van der Waals surface area contributed by atoms with Gasteiger partial charge in [-0.15, -0.1) is 0 Å². The van der Waals surface area contributed by atoms with Crippen LogP contribution in [-0.2, 0) is 6.61 Å². The van der Waals surface area contributed by atoms with E-state index in [0.717, 1.165) is 22.5 Å². The summed E-state index contributed by atoms with van der Waals surface area (Å²) in [6, 6.07) is 12.3. The van der Waals surface area contributed by atoms with Gasteiger partial charge < -0.3 is 14.7 Å². The number of hydrogen-bond acceptors (Lipinski definition) is 4. The predicted octanol–water partition coefficient (Wildman–Crippen LogP) is 7.47. The van der Waals surface area contributed by atoms with Crippen LogP contribution in [0.3, 0.4) is 0 Å². The van der Waals surface area contributed by atoms with E-state index in [1.807, 2.05) is 36.1 Å². The zero-order chi connectivity index (χ0) is 23.5. The Labute approximate surface area is 206 Å². The first-order chi connectivity index (χ1) is 15.8. The first kappa shape index (κ1) is 23.2. The first-order valence-electron chi connectivity index (χ1n) is 10.1. The van der Waals surface area contributed by atoms with E-state index in [1.54, 1.807) is 30.5 Å². The maximum atomic E-state index is 11.5. The summed E-state index contributed by atoms with van der Waals surface area (Å²) >= 11 is 18.5. The van der Waals surface area contributed by atoms with E-state index in [1.165, 1.54) is 6.20 Å². The highest BCUT2D eigenvalue weighted by molar-refractivity contribution is 6.42. The molecule has 0 spiro atoms. The summed E-state index contributed by atoms with van der Waals surface area (Å²) in [5.41, 5.74) is 4.14. The van der Waals surface area contributed by atoms with E-state index in [-0.39, 0.29) is 12.2 Å². The monoisotopic (exact) mass is 500 g/mol. The molecule has 2 aromatic carbocycles. The number of anilines is 1. The van der Waals surface area contributed by atoms with Crippen molar-refractivity contribution < 1.29 is 14.6 Å². The minimum absolute atomic E-state index is 0.104. The number of aromatic nitrogens is 1. The number of halogens is 3. The van der Waals surface area contributed by atoms with Gasteiger partial charge in [0, 0.05) is 22.5 Å². The van der Waals surface area contributed by atoms with Crippen LogP contribution in [0.1, 0.15) is 34.8 Å². The van der Waals surface area contributed by atoms with Gasteiger partial charge in [-0.25, -0.2) is 4.79 Å². The van der Waals surface area contributed by atoms with Crippen molar-refractivity contribution >= 4 is 52.2 Å². The molecule has 0 amide bonds. The molecule has 0 aliphatic carbocycles. The van der Waals surface area contributed by atoms with Crippen molar-refractivity contribution in [2.24, 2.45) is 0 Å². The zero-order valence-corrected chi connectivity index (χ0v) is 19.8. The lowest BCUT2D eigenvalue weighted by atomic mass is 10.0. The molecule has 0 saturated carbocycles. The molecular formula is C25H19Cl3N2O3. The van der Waals surface area contributed by atoms with Gasteiger partial charge in [0.1, 0.15) is 12.4 Å². The quantitative estimate of drug-likeness (QED) is 0.379. The molecule has 0 saturated heterocycles. The van der Waals surface area contributed by atoms with Gasteiger partial charge in [-0.2, -0.15) is 0 Å². The van der Waals surface area contributed by atoms with Gasteiger partial charge in [0.05, 0.1) is 33.2 Å². The van der Waals surface area contributed by atoms with Crippen LogP contribution < -0.4 is 9.64 Å². The van der Waals surface area contributed by atoms with Crippen molar-refractivity contribution in [3.05, 3.63) is 104 Å². The van der Waals surface area contributed by atoms with Crippen LogP contribution >= 0.6 is 34.8 Å². The second kappa shape index (κ2) is 9.87. The topological polar surface area (TPSA) is 62.7 Å². The van der Waals surface area contributed by atoms with Gasteiger partial charge in [-0.05, 0) is 55.3 Å². The predicted molar refractivity (Wildman–Crippen MR) is 132 cm³/mol. The van der Waals surface area contributed by atoms with E-state index in [2.05, 4.69) is 11.1 Å². The number of hydrogen-bond donors (Lipinski definition) is 1. The number of carboxylic acids is 1. The summed E-state index contributed by atoms with van der Waals surface area (Å²) in [5, 5.41) is 10.9. The summed E-state index contributed by atoms with van der Waals surface area (Å²) in [7, 11) is 0. The summed E-state index contributed by atoms with van der Waals surface area (Å²) in [6.07, 6.45) is 7.76. The number of ether oxygens (including phenoxy) is 1. The Balaban J connectivity index is 1.71. The second-order valence-electron chi connectivity index (χ2n) is 7.42. The van der Waals surface area contributed by atoms with Gasteiger partial charge in [0.25, 0.3) is 0 Å². The number of aromatic carboxylic acids is 1. The third kappa shape index (κ3) is 5.17. The van der Waals surface area contributed by atoms with Crippen LogP contribution in [0.15, 0.2) is 72.7 Å². The SMILES string of the molecule is CC1=CCC=C(c2cc(Cl)ccc2OCc2ccc(Cl)c(Cl)c2)N1c1cncc(C(=O)O)c1. The molecule has 2 heterocycles. The molecule has 0 radical (unpaired) electrons. The van der Waals surface area contributed by atoms with Gasteiger partial charge in [0.15, 0.2) is 0 Å². The molecule has 1 aromatic heterocycles. The third-order valence-electron chi connectivity index (χ3n) is 5.14. The Hall–Kier alpha value is -2.99. The number of rotatable bonds is 6. The zero-order valence-electron chi connectivity index (χ0n) is 17.6. The van der Waals surface area contributed by atoms with Gasteiger partial charge in [-0.3, -0.25) is 4.98 Å². The maximum Gasteiger partial charge on any atom is 0.337 e. The largest absolute Gasteiger partial charge is 0.488 e. The lowest BCUT2D eigenvalue weighted by molar-refractivity contribution is 0.0696. The molecule has 1 aliphatic rings. The third-order valence-corrected chi connectivity index (χ3v) is 6.12. The minimum atomic E-state index is -1.04. The molecular weight excluding hydrogens is 483 g/mol. The lowest BCUT2D eigenvalue weighted by Crippen LogP contribution is -2.22. The van der Waals surface area contributed by atoms with Crippen molar-refractivity contribution in [3.63, 3.8) is 0 Å². The van der Waals surface area contributed by atoms with E-state index in [4.69, 9.17) is 39.5 Å². The Kier molecular flexibility index (Phi) is 6.94. The molecule has 4 rings (SSSR count). The number of allylic oxidation sites excluding steroid dienone is 3. The van der Waals surface area contributed by atoms with Gasteiger partial charge in [0.2, 0.25) is 0 Å². The molecule has 0 fully saturated rings. The van der Waals surface area contributed by atoms with Crippen molar-refractivity contribution in [2.75, 3.05) is 4.90 Å². The highest BCUT2D eigenvalue weighted by atomic mass is 35.5. The smallest absolute Gasteiger partial charge is 0.337 e. The number of pyridine rings is 1. The average molecular weight is 502 g/mol. The van der Waals surface area contributed by atoms with Crippen LogP contribution in [0.2, 0.25) is 15.1 Å². The highest BCUT2D eigenvalue weighted by Crippen LogP contribution is 2.39.